The number of rotatable bonds is 12. The van der Waals surface area contributed by atoms with E-state index in [2.05, 4.69) is 10.3 Å². The first-order chi connectivity index (χ1) is 22.7. The van der Waals surface area contributed by atoms with Crippen molar-refractivity contribution in [1.29, 1.82) is 0 Å². The van der Waals surface area contributed by atoms with Gasteiger partial charge in [0.2, 0.25) is 11.5 Å². The van der Waals surface area contributed by atoms with Crippen LogP contribution < -0.4 is 15.6 Å². The molecule has 0 spiro atoms. The lowest BCUT2D eigenvalue weighted by Gasteiger charge is -2.47. The Balaban J connectivity index is 0.949. The maximum absolute atomic E-state index is 12.9. The number of pyridine rings is 1. The van der Waals surface area contributed by atoms with E-state index in [1.54, 1.807) is 29.2 Å². The zero-order chi connectivity index (χ0) is 33.0. The summed E-state index contributed by atoms with van der Waals surface area (Å²) in [7, 11) is 0. The molecule has 0 radical (unpaired) electrons. The van der Waals surface area contributed by atoms with E-state index in [0.29, 0.717) is 40.9 Å². The minimum atomic E-state index is -1.05. The number of hydrogen-bond donors (Lipinski definition) is 5. The Morgan fingerprint density at radius 1 is 0.872 bits per heavy atom. The zero-order valence-electron chi connectivity index (χ0n) is 25.6. The molecule has 1 aliphatic rings. The number of amides is 1. The second kappa shape index (κ2) is 13.5. The van der Waals surface area contributed by atoms with Crippen LogP contribution in [0.5, 0.6) is 11.5 Å². The first-order valence-electron chi connectivity index (χ1n) is 15.3. The molecule has 10 nitrogen and oxygen atoms in total. The molecule has 5 aromatic rings. The number of aliphatic hydroxyl groups excluding tert-OH is 1. The molecule has 1 amide bonds. The van der Waals surface area contributed by atoms with Gasteiger partial charge in [-0.1, -0.05) is 72.8 Å². The fourth-order valence-corrected chi connectivity index (χ4v) is 5.90. The minimum absolute atomic E-state index is 0.0483. The Morgan fingerprint density at radius 2 is 1.55 bits per heavy atom. The van der Waals surface area contributed by atoms with Crippen LogP contribution in [0.25, 0.3) is 10.9 Å². The summed E-state index contributed by atoms with van der Waals surface area (Å²) < 4.78 is 5.94. The number of hydrogen-bond acceptors (Lipinski definition) is 7. The zero-order valence-corrected chi connectivity index (χ0v) is 25.6. The molecule has 2 heterocycles. The topological polar surface area (TPSA) is 152 Å². The molecule has 5 N–H and O–H groups in total. The summed E-state index contributed by atoms with van der Waals surface area (Å²) >= 11 is 0. The number of aliphatic hydroxyl groups is 1. The van der Waals surface area contributed by atoms with Gasteiger partial charge >= 0.3 is 5.97 Å². The van der Waals surface area contributed by atoms with Crippen LogP contribution in [0.15, 0.2) is 108 Å². The van der Waals surface area contributed by atoms with E-state index in [-0.39, 0.29) is 43.3 Å². The van der Waals surface area contributed by atoms with Crippen LogP contribution in [0.1, 0.15) is 33.9 Å². The maximum atomic E-state index is 12.9. The summed E-state index contributed by atoms with van der Waals surface area (Å²) in [5.41, 5.74) is 3.07. The van der Waals surface area contributed by atoms with Gasteiger partial charge in [0.25, 0.3) is 0 Å². The number of benzene rings is 4. The number of fused-ring (bicyclic) bond motifs is 1. The number of carboxylic acids is 1. The summed E-state index contributed by atoms with van der Waals surface area (Å²) in [5, 5.41) is 34.5. The van der Waals surface area contributed by atoms with Crippen molar-refractivity contribution in [2.75, 3.05) is 19.6 Å². The number of nitrogens with one attached hydrogen (secondary N) is 2. The van der Waals surface area contributed by atoms with Crippen LogP contribution in [0.2, 0.25) is 0 Å². The molecule has 1 saturated heterocycles. The largest absolute Gasteiger partial charge is 0.506 e. The van der Waals surface area contributed by atoms with Crippen molar-refractivity contribution in [2.45, 2.75) is 31.1 Å². The van der Waals surface area contributed by atoms with Crippen LogP contribution in [-0.2, 0) is 34.6 Å². The van der Waals surface area contributed by atoms with Crippen LogP contribution >= 0.6 is 0 Å². The average molecular weight is 634 g/mol. The third-order valence-electron chi connectivity index (χ3n) is 8.65. The minimum Gasteiger partial charge on any atom is -0.506 e. The van der Waals surface area contributed by atoms with E-state index in [4.69, 9.17) is 4.74 Å². The van der Waals surface area contributed by atoms with Gasteiger partial charge in [-0.15, -0.1) is 0 Å². The molecule has 0 bridgehead atoms. The first kappa shape index (κ1) is 31.5. The Morgan fingerprint density at radius 3 is 2.26 bits per heavy atom. The molecular formula is C37H35N3O7. The highest BCUT2D eigenvalue weighted by Gasteiger charge is 2.52. The number of ether oxygens (including phenoxy) is 1. The number of nitrogens with zero attached hydrogens (tertiary/aromatic N) is 1. The number of aromatic hydroxyl groups is 1. The average Bonchev–Trinajstić information content (AvgIpc) is 3.05. The first-order valence-corrected chi connectivity index (χ1v) is 15.3. The number of phenolic OH excluding ortho intramolecular Hbond substituents is 1. The van der Waals surface area contributed by atoms with Crippen molar-refractivity contribution >= 4 is 22.8 Å². The molecule has 240 valence electrons. The number of aromatic nitrogens is 1. The molecule has 1 atom stereocenters. The molecule has 0 unspecified atom stereocenters. The number of carbonyl (C=O) groups is 2. The number of aliphatic carboxylic acids is 1. The van der Waals surface area contributed by atoms with Gasteiger partial charge in [0.05, 0.1) is 18.0 Å². The SMILES string of the molecule is O=C(Cc1ccc(OCc2ccc(CNC[C@H](O)c3ccc(O)c4[nH]c(=O)ccc34)cc2)cc1)N1CC(C(=O)O)(c2ccccc2)C1. The molecule has 10 heteroatoms. The predicted octanol–water partition coefficient (Wildman–Crippen LogP) is 4.04. The van der Waals surface area contributed by atoms with Crippen LogP contribution in [-0.4, -0.2) is 56.7 Å². The van der Waals surface area contributed by atoms with Crippen LogP contribution in [0.3, 0.4) is 0 Å². The lowest BCUT2D eigenvalue weighted by Crippen LogP contribution is -2.65. The van der Waals surface area contributed by atoms with Crippen LogP contribution in [0, 0.1) is 0 Å². The van der Waals surface area contributed by atoms with E-state index in [9.17, 15) is 29.7 Å². The number of phenols is 1. The van der Waals surface area contributed by atoms with E-state index in [0.717, 1.165) is 16.7 Å². The number of carbonyl (C=O) groups excluding carboxylic acids is 1. The fraction of sp³-hybridized carbons (Fsp3) is 0.216. The number of aromatic amines is 1. The quantitative estimate of drug-likeness (QED) is 0.138. The highest BCUT2D eigenvalue weighted by Crippen LogP contribution is 2.35. The van der Waals surface area contributed by atoms with Gasteiger partial charge in [0, 0.05) is 37.6 Å². The van der Waals surface area contributed by atoms with Crippen molar-refractivity contribution < 1.29 is 29.6 Å². The van der Waals surface area contributed by atoms with Crippen molar-refractivity contribution in [3.8, 4) is 11.5 Å². The summed E-state index contributed by atoms with van der Waals surface area (Å²) in [6.45, 7) is 1.49. The maximum Gasteiger partial charge on any atom is 0.317 e. The van der Waals surface area contributed by atoms with Gasteiger partial charge in [-0.3, -0.25) is 14.4 Å². The Bertz CT molecular complexity index is 1930. The van der Waals surface area contributed by atoms with Gasteiger partial charge in [-0.2, -0.15) is 0 Å². The molecule has 1 aromatic heterocycles. The van der Waals surface area contributed by atoms with E-state index >= 15 is 0 Å². The van der Waals surface area contributed by atoms with Crippen molar-refractivity contribution in [3.63, 3.8) is 0 Å². The Hall–Kier alpha value is -5.45. The lowest BCUT2D eigenvalue weighted by atomic mass is 9.73. The number of likely N-dealkylation sites (tertiary alicyclic amines) is 1. The van der Waals surface area contributed by atoms with Crippen molar-refractivity contribution in [1.82, 2.24) is 15.2 Å². The summed E-state index contributed by atoms with van der Waals surface area (Å²) in [6, 6.07) is 30.4. The van der Waals surface area contributed by atoms with Gasteiger partial charge in [0.1, 0.15) is 23.5 Å². The number of H-pyrrole nitrogens is 1. The third kappa shape index (κ3) is 6.89. The fourth-order valence-electron chi connectivity index (χ4n) is 5.90. The van der Waals surface area contributed by atoms with Gasteiger partial charge in [-0.05, 0) is 52.1 Å². The summed E-state index contributed by atoms with van der Waals surface area (Å²) in [6.07, 6.45) is -0.656. The summed E-state index contributed by atoms with van der Waals surface area (Å²) in [5.74, 6) is -0.406. The highest BCUT2D eigenvalue weighted by atomic mass is 16.5. The van der Waals surface area contributed by atoms with Crippen LogP contribution in [0.4, 0.5) is 0 Å². The van der Waals surface area contributed by atoms with E-state index in [1.807, 2.05) is 66.7 Å². The predicted molar refractivity (Wildman–Crippen MR) is 176 cm³/mol. The Labute approximate surface area is 270 Å². The second-order valence-electron chi connectivity index (χ2n) is 11.9. The molecule has 4 aromatic carbocycles. The smallest absolute Gasteiger partial charge is 0.317 e. The van der Waals surface area contributed by atoms with Crippen molar-refractivity contribution in [2.24, 2.45) is 0 Å². The molecular weight excluding hydrogens is 598 g/mol. The lowest BCUT2D eigenvalue weighted by molar-refractivity contribution is -0.156. The molecule has 0 saturated carbocycles. The number of carboxylic acid groups (broad SMARTS) is 1. The van der Waals surface area contributed by atoms with E-state index in [1.165, 1.54) is 12.1 Å². The normalized spacial score (nSPS) is 14.4. The van der Waals surface area contributed by atoms with E-state index < -0.39 is 17.5 Å². The molecule has 0 aliphatic carbocycles. The second-order valence-corrected chi connectivity index (χ2v) is 11.9. The molecule has 6 rings (SSSR count). The standard InChI is InChI=1S/C37H35N3O7/c41-31-16-14-29(30-15-17-33(43)39-35(30)31)32(42)20-38-19-25-6-8-26(9-7-25)21-47-28-12-10-24(11-13-28)18-34(44)40-22-37(23-40,36(45)46)27-4-2-1-3-5-27/h1-17,32,38,41-42H,18-23H2,(H,39,43)(H,45,46)/t32-/m0/s1. The summed E-state index contributed by atoms with van der Waals surface area (Å²) in [4.78, 5) is 40.7. The Kier molecular flexibility index (Phi) is 9.05. The molecule has 1 aliphatic heterocycles. The monoisotopic (exact) mass is 633 g/mol. The third-order valence-corrected chi connectivity index (χ3v) is 8.65. The van der Waals surface area contributed by atoms with Gasteiger partial charge < -0.3 is 35.3 Å². The van der Waals surface area contributed by atoms with Gasteiger partial charge in [0.15, 0.2) is 0 Å². The van der Waals surface area contributed by atoms with Crippen molar-refractivity contribution in [3.05, 3.63) is 141 Å². The molecule has 47 heavy (non-hydrogen) atoms. The highest BCUT2D eigenvalue weighted by molar-refractivity contribution is 5.89. The van der Waals surface area contributed by atoms with Gasteiger partial charge in [-0.25, -0.2) is 0 Å². The molecule has 1 fully saturated rings.